The highest BCUT2D eigenvalue weighted by molar-refractivity contribution is 6.98. The zero-order chi connectivity index (χ0) is 29.4. The van der Waals surface area contributed by atoms with E-state index in [1.54, 1.807) is 0 Å². The van der Waals surface area contributed by atoms with Gasteiger partial charge in [0.25, 0.3) is 0 Å². The van der Waals surface area contributed by atoms with E-state index in [1.807, 2.05) is 0 Å². The molecule has 2 aliphatic heterocycles. The summed E-state index contributed by atoms with van der Waals surface area (Å²) in [6.07, 6.45) is 2.05. The van der Waals surface area contributed by atoms with Gasteiger partial charge in [0.05, 0.1) is 0 Å². The zero-order valence-corrected chi connectivity index (χ0v) is 26.5. The van der Waals surface area contributed by atoms with Gasteiger partial charge >= 0.3 is 0 Å². The molecule has 0 saturated heterocycles. The lowest BCUT2D eigenvalue weighted by Gasteiger charge is -2.32. The highest BCUT2D eigenvalue weighted by Crippen LogP contribution is 2.23. The Morgan fingerprint density at radius 2 is 0.595 bits per heavy atom. The molecule has 2 heterocycles. The van der Waals surface area contributed by atoms with Crippen molar-refractivity contribution in [3.05, 3.63) is 140 Å². The van der Waals surface area contributed by atoms with Gasteiger partial charge in [0.1, 0.15) is 0 Å². The van der Waals surface area contributed by atoms with Crippen LogP contribution in [0.15, 0.2) is 72.8 Å². The maximum Gasteiger partial charge on any atom is 0.242 e. The van der Waals surface area contributed by atoms with Crippen LogP contribution in [0.5, 0.6) is 0 Å². The molecule has 0 aliphatic carbocycles. The molecule has 2 aliphatic rings. The predicted molar refractivity (Wildman–Crippen MR) is 185 cm³/mol. The Labute approximate surface area is 253 Å². The van der Waals surface area contributed by atoms with Gasteiger partial charge in [0.2, 0.25) is 13.4 Å². The third kappa shape index (κ3) is 4.30. The maximum atomic E-state index is 2.44. The lowest BCUT2D eigenvalue weighted by molar-refractivity contribution is 1.16. The Hall–Kier alpha value is -3.77. The van der Waals surface area contributed by atoms with Crippen LogP contribution in [0.1, 0.15) is 66.8 Å². The van der Waals surface area contributed by atoms with Crippen molar-refractivity contribution in [2.45, 2.75) is 68.2 Å². The predicted octanol–water partition coefficient (Wildman–Crippen LogP) is 4.99. The second-order valence-electron chi connectivity index (χ2n) is 13.5. The van der Waals surface area contributed by atoms with Crippen molar-refractivity contribution in [3.8, 4) is 0 Å². The van der Waals surface area contributed by atoms with E-state index in [-0.39, 0.29) is 13.4 Å². The first-order chi connectivity index (χ1) is 20.1. The first kappa shape index (κ1) is 27.1. The molecule has 42 heavy (non-hydrogen) atoms. The molecule has 0 unspecified atom stereocenters. The molecular weight excluding hydrogens is 502 g/mol. The number of rotatable bonds is 2. The average molecular weight is 542 g/mol. The lowest BCUT2D eigenvalue weighted by Crippen LogP contribution is -2.60. The highest BCUT2D eigenvalue weighted by Gasteiger charge is 2.36. The molecule has 0 saturated carbocycles. The fourth-order valence-electron chi connectivity index (χ4n) is 8.75. The van der Waals surface area contributed by atoms with E-state index in [0.717, 1.165) is 12.8 Å². The zero-order valence-electron chi connectivity index (χ0n) is 26.5. The van der Waals surface area contributed by atoms with E-state index in [2.05, 4.69) is 128 Å². The minimum atomic E-state index is 0.263. The molecule has 0 N–H and O–H groups in total. The summed E-state index contributed by atoms with van der Waals surface area (Å²) in [5.41, 5.74) is 25.9. The van der Waals surface area contributed by atoms with Crippen LogP contribution in [0.3, 0.4) is 0 Å². The van der Waals surface area contributed by atoms with Crippen molar-refractivity contribution in [1.29, 1.82) is 0 Å². The number of aryl methyl sites for hydroxylation is 8. The van der Waals surface area contributed by atoms with Gasteiger partial charge < -0.3 is 0 Å². The highest BCUT2D eigenvalue weighted by atomic mass is 14.2. The van der Waals surface area contributed by atoms with Gasteiger partial charge in [0, 0.05) is 0 Å². The molecule has 0 fully saturated rings. The van der Waals surface area contributed by atoms with E-state index in [1.165, 1.54) is 99.5 Å². The fourth-order valence-corrected chi connectivity index (χ4v) is 8.75. The van der Waals surface area contributed by atoms with Crippen LogP contribution in [0.25, 0.3) is 0 Å². The fraction of sp³-hybridized carbons (Fsp3) is 0.250. The number of fused-ring (bicyclic) bond motifs is 4. The average Bonchev–Trinajstić information content (AvgIpc) is 2.90. The Morgan fingerprint density at radius 1 is 0.357 bits per heavy atom. The van der Waals surface area contributed by atoms with Gasteiger partial charge in [-0.25, -0.2) is 0 Å². The van der Waals surface area contributed by atoms with E-state index >= 15 is 0 Å². The van der Waals surface area contributed by atoms with E-state index < -0.39 is 0 Å². The van der Waals surface area contributed by atoms with Gasteiger partial charge in [-0.05, 0) is 90.5 Å². The van der Waals surface area contributed by atoms with Gasteiger partial charge in [0.15, 0.2) is 0 Å². The molecule has 0 radical (unpaired) electrons. The Morgan fingerprint density at radius 3 is 0.833 bits per heavy atom. The summed E-state index contributed by atoms with van der Waals surface area (Å²) >= 11 is 0. The van der Waals surface area contributed by atoms with E-state index in [0.29, 0.717) is 0 Å². The summed E-state index contributed by atoms with van der Waals surface area (Å²) < 4.78 is 0. The smallest absolute Gasteiger partial charge is 0.0687 e. The molecule has 0 spiro atoms. The standard InChI is InChI=1S/C40H40B2/c1-23-13-27(5)37-31(17-23)21-32-18-24(2)14-28(6)38(32)41(37)35-9-11-36(12-10-35)42-39-29(7)15-25(3)19-33(39)22-34-20-26(4)16-30(8)40(34)42/h9-20H,21-22H2,1-8H3. The van der Waals surface area contributed by atoms with E-state index in [9.17, 15) is 0 Å². The normalized spacial score (nSPS) is 13.4. The molecule has 2 heteroatoms. The van der Waals surface area contributed by atoms with Crippen molar-refractivity contribution in [2.24, 2.45) is 0 Å². The van der Waals surface area contributed by atoms with Crippen LogP contribution < -0.4 is 32.8 Å². The minimum Gasteiger partial charge on any atom is -0.0687 e. The van der Waals surface area contributed by atoms with Crippen molar-refractivity contribution >= 4 is 46.2 Å². The van der Waals surface area contributed by atoms with Crippen LogP contribution in [0.4, 0.5) is 0 Å². The molecule has 5 aromatic rings. The summed E-state index contributed by atoms with van der Waals surface area (Å²) in [5, 5.41) is 0. The summed E-state index contributed by atoms with van der Waals surface area (Å²) in [6.45, 7) is 18.7. The van der Waals surface area contributed by atoms with Gasteiger partial charge in [-0.2, -0.15) is 0 Å². The summed E-state index contributed by atoms with van der Waals surface area (Å²) in [5.74, 6) is 0. The van der Waals surface area contributed by atoms with Crippen molar-refractivity contribution in [3.63, 3.8) is 0 Å². The molecule has 0 amide bonds. The van der Waals surface area contributed by atoms with Gasteiger partial charge in [-0.15, -0.1) is 0 Å². The first-order valence-electron chi connectivity index (χ1n) is 15.6. The van der Waals surface area contributed by atoms with Crippen molar-refractivity contribution in [1.82, 2.24) is 0 Å². The largest absolute Gasteiger partial charge is 0.242 e. The molecule has 0 aromatic heterocycles. The summed E-state index contributed by atoms with van der Waals surface area (Å²) in [4.78, 5) is 0. The first-order valence-corrected chi connectivity index (χ1v) is 15.6. The van der Waals surface area contributed by atoms with Crippen LogP contribution in [-0.2, 0) is 12.8 Å². The Kier molecular flexibility index (Phi) is 6.39. The topological polar surface area (TPSA) is 0 Å². The van der Waals surface area contributed by atoms with Gasteiger partial charge in [-0.3, -0.25) is 0 Å². The summed E-state index contributed by atoms with van der Waals surface area (Å²) in [7, 11) is 0. The number of hydrogen-bond acceptors (Lipinski definition) is 0. The molecule has 0 atom stereocenters. The third-order valence-corrected chi connectivity index (χ3v) is 9.99. The van der Waals surface area contributed by atoms with Crippen molar-refractivity contribution in [2.75, 3.05) is 0 Å². The number of benzene rings is 5. The molecule has 7 rings (SSSR count). The molecule has 5 aromatic carbocycles. The number of hydrogen-bond donors (Lipinski definition) is 0. The quantitative estimate of drug-likeness (QED) is 0.270. The molecule has 206 valence electrons. The second-order valence-corrected chi connectivity index (χ2v) is 13.5. The minimum absolute atomic E-state index is 0.263. The lowest BCUT2D eigenvalue weighted by atomic mass is 9.30. The SMILES string of the molecule is Cc1cc(C)c2c(c1)Cc1cc(C)cc(C)c1B2c1ccc(B2c3c(C)cc(C)cc3Cc3cc(C)cc(C)c32)cc1. The monoisotopic (exact) mass is 542 g/mol. The molecular formula is C40H40B2. The van der Waals surface area contributed by atoms with Crippen LogP contribution in [-0.4, -0.2) is 13.4 Å². The van der Waals surface area contributed by atoms with Crippen LogP contribution >= 0.6 is 0 Å². The van der Waals surface area contributed by atoms with Crippen LogP contribution in [0, 0.1) is 55.4 Å². The van der Waals surface area contributed by atoms with Crippen LogP contribution in [0.2, 0.25) is 0 Å². The molecule has 0 bridgehead atoms. The van der Waals surface area contributed by atoms with Gasteiger partial charge in [-0.1, -0.05) is 150 Å². The van der Waals surface area contributed by atoms with E-state index in [4.69, 9.17) is 0 Å². The maximum absolute atomic E-state index is 2.44. The van der Waals surface area contributed by atoms with Crippen molar-refractivity contribution < 1.29 is 0 Å². The Bertz CT molecular complexity index is 1650. The Balaban J connectivity index is 1.41. The molecule has 0 nitrogen and oxygen atoms in total. The third-order valence-electron chi connectivity index (χ3n) is 9.99. The second kappa shape index (κ2) is 9.91. The summed E-state index contributed by atoms with van der Waals surface area (Å²) in [6, 6.07) is 29.0.